The summed E-state index contributed by atoms with van der Waals surface area (Å²) >= 11 is 0. The zero-order valence-electron chi connectivity index (χ0n) is 13.2. The van der Waals surface area contributed by atoms with Crippen LogP contribution in [0.1, 0.15) is 66.2 Å². The Balaban J connectivity index is 2.42. The number of rotatable bonds is 5. The summed E-state index contributed by atoms with van der Waals surface area (Å²) in [5, 5.41) is 3.54. The van der Waals surface area contributed by atoms with Gasteiger partial charge in [-0.1, -0.05) is 26.3 Å². The molecular formula is C17H33N. The molecule has 1 saturated carbocycles. The number of hydrogen-bond acceptors (Lipinski definition) is 1. The fourth-order valence-electron chi connectivity index (χ4n) is 3.41. The third-order valence-corrected chi connectivity index (χ3v) is 4.82. The summed E-state index contributed by atoms with van der Waals surface area (Å²) in [6.45, 7) is 13.4. The molecule has 1 atom stereocenters. The second-order valence-corrected chi connectivity index (χ2v) is 7.37. The molecule has 0 aromatic rings. The third kappa shape index (κ3) is 4.76. The lowest BCUT2D eigenvalue weighted by Crippen LogP contribution is -2.37. The van der Waals surface area contributed by atoms with Crippen molar-refractivity contribution in [2.24, 2.45) is 17.3 Å². The quantitative estimate of drug-likeness (QED) is 0.693. The summed E-state index contributed by atoms with van der Waals surface area (Å²) in [7, 11) is 2.12. The van der Waals surface area contributed by atoms with E-state index in [9.17, 15) is 0 Å². The molecule has 1 aliphatic carbocycles. The highest BCUT2D eigenvalue weighted by Crippen LogP contribution is 2.41. The van der Waals surface area contributed by atoms with Crippen LogP contribution in [0, 0.1) is 17.3 Å². The molecule has 1 heteroatoms. The molecule has 106 valence electrons. The first-order valence-electron chi connectivity index (χ1n) is 7.66. The minimum Gasteiger partial charge on any atom is -0.317 e. The standard InChI is InChI=1S/C17H33N/c1-13(2)7-12-16(18-6)14-8-10-15(11-9-14)17(3,4)5/h14-16,18H,1,7-12H2,2-6H3. The smallest absolute Gasteiger partial charge is 0.00953 e. The average molecular weight is 251 g/mol. The maximum atomic E-state index is 4.02. The van der Waals surface area contributed by atoms with Crippen LogP contribution in [0.2, 0.25) is 0 Å². The van der Waals surface area contributed by atoms with Crippen molar-refractivity contribution in [1.29, 1.82) is 0 Å². The Kier molecular flexibility index (Phi) is 5.91. The predicted molar refractivity (Wildman–Crippen MR) is 81.8 cm³/mol. The fraction of sp³-hybridized carbons (Fsp3) is 0.882. The molecule has 0 aliphatic heterocycles. The van der Waals surface area contributed by atoms with Gasteiger partial charge in [-0.15, -0.1) is 6.58 Å². The Morgan fingerprint density at radius 2 is 1.78 bits per heavy atom. The van der Waals surface area contributed by atoms with Crippen LogP contribution in [0.25, 0.3) is 0 Å². The summed E-state index contributed by atoms with van der Waals surface area (Å²) in [5.74, 6) is 1.81. The molecule has 1 aliphatic rings. The van der Waals surface area contributed by atoms with Crippen LogP contribution in [0.15, 0.2) is 12.2 Å². The van der Waals surface area contributed by atoms with Gasteiger partial charge in [0.05, 0.1) is 0 Å². The lowest BCUT2D eigenvalue weighted by Gasteiger charge is -2.39. The Morgan fingerprint density at radius 3 is 2.17 bits per heavy atom. The van der Waals surface area contributed by atoms with E-state index >= 15 is 0 Å². The lowest BCUT2D eigenvalue weighted by molar-refractivity contribution is 0.132. The molecule has 0 radical (unpaired) electrons. The van der Waals surface area contributed by atoms with E-state index in [-0.39, 0.29) is 0 Å². The van der Waals surface area contributed by atoms with Gasteiger partial charge in [-0.2, -0.15) is 0 Å². The second kappa shape index (κ2) is 6.75. The molecule has 1 N–H and O–H groups in total. The normalized spacial score (nSPS) is 26.9. The van der Waals surface area contributed by atoms with Gasteiger partial charge < -0.3 is 5.32 Å². The van der Waals surface area contributed by atoms with Crippen LogP contribution in [0.5, 0.6) is 0 Å². The molecule has 0 heterocycles. The van der Waals surface area contributed by atoms with Gasteiger partial charge in [0.25, 0.3) is 0 Å². The van der Waals surface area contributed by atoms with E-state index in [2.05, 4.69) is 46.6 Å². The van der Waals surface area contributed by atoms with E-state index in [4.69, 9.17) is 0 Å². The van der Waals surface area contributed by atoms with E-state index < -0.39 is 0 Å². The van der Waals surface area contributed by atoms with Crippen LogP contribution in [-0.2, 0) is 0 Å². The Hall–Kier alpha value is -0.300. The van der Waals surface area contributed by atoms with Gasteiger partial charge >= 0.3 is 0 Å². The molecule has 18 heavy (non-hydrogen) atoms. The topological polar surface area (TPSA) is 12.0 Å². The minimum atomic E-state index is 0.498. The van der Waals surface area contributed by atoms with Crippen LogP contribution in [0.3, 0.4) is 0 Å². The Morgan fingerprint density at radius 1 is 1.22 bits per heavy atom. The van der Waals surface area contributed by atoms with Crippen molar-refractivity contribution in [3.8, 4) is 0 Å². The van der Waals surface area contributed by atoms with Gasteiger partial charge in [0, 0.05) is 6.04 Å². The van der Waals surface area contributed by atoms with Crippen molar-refractivity contribution < 1.29 is 0 Å². The van der Waals surface area contributed by atoms with Gasteiger partial charge in [-0.05, 0) is 69.7 Å². The highest BCUT2D eigenvalue weighted by atomic mass is 14.9. The molecule has 0 bridgehead atoms. The van der Waals surface area contributed by atoms with Gasteiger partial charge in [-0.3, -0.25) is 0 Å². The van der Waals surface area contributed by atoms with Crippen LogP contribution in [-0.4, -0.2) is 13.1 Å². The summed E-state index contributed by atoms with van der Waals surface area (Å²) in [4.78, 5) is 0. The molecular weight excluding hydrogens is 218 g/mol. The maximum Gasteiger partial charge on any atom is 0.00953 e. The largest absolute Gasteiger partial charge is 0.317 e. The van der Waals surface area contributed by atoms with Crippen LogP contribution in [0.4, 0.5) is 0 Å². The molecule has 0 amide bonds. The van der Waals surface area contributed by atoms with Crippen LogP contribution < -0.4 is 5.32 Å². The van der Waals surface area contributed by atoms with E-state index in [1.807, 2.05) is 0 Å². The summed E-state index contributed by atoms with van der Waals surface area (Å²) in [5.41, 5.74) is 1.82. The predicted octanol–water partition coefficient (Wildman–Crippen LogP) is 4.78. The van der Waals surface area contributed by atoms with Gasteiger partial charge in [0.2, 0.25) is 0 Å². The summed E-state index contributed by atoms with van der Waals surface area (Å²) in [6, 6.07) is 0.697. The van der Waals surface area contributed by atoms with Gasteiger partial charge in [0.1, 0.15) is 0 Å². The minimum absolute atomic E-state index is 0.498. The van der Waals surface area contributed by atoms with Crippen molar-refractivity contribution in [2.45, 2.75) is 72.3 Å². The third-order valence-electron chi connectivity index (χ3n) is 4.82. The van der Waals surface area contributed by atoms with Crippen molar-refractivity contribution in [3.63, 3.8) is 0 Å². The Labute approximate surface area is 114 Å². The molecule has 1 unspecified atom stereocenters. The van der Waals surface area contributed by atoms with Crippen molar-refractivity contribution in [1.82, 2.24) is 5.32 Å². The summed E-state index contributed by atoms with van der Waals surface area (Å²) in [6.07, 6.45) is 8.08. The second-order valence-electron chi connectivity index (χ2n) is 7.37. The number of nitrogens with one attached hydrogen (secondary N) is 1. The highest BCUT2D eigenvalue weighted by Gasteiger charge is 2.32. The van der Waals surface area contributed by atoms with E-state index in [0.29, 0.717) is 11.5 Å². The van der Waals surface area contributed by atoms with Crippen LogP contribution >= 0.6 is 0 Å². The van der Waals surface area contributed by atoms with Gasteiger partial charge in [0.15, 0.2) is 0 Å². The zero-order valence-corrected chi connectivity index (χ0v) is 13.2. The fourth-order valence-corrected chi connectivity index (χ4v) is 3.41. The van der Waals surface area contributed by atoms with Crippen molar-refractivity contribution in [2.75, 3.05) is 7.05 Å². The maximum absolute atomic E-state index is 4.02. The molecule has 1 fully saturated rings. The Bertz CT molecular complexity index is 253. The molecule has 1 rings (SSSR count). The lowest BCUT2D eigenvalue weighted by atomic mass is 9.68. The first kappa shape index (κ1) is 15.8. The van der Waals surface area contributed by atoms with Crippen molar-refractivity contribution >= 4 is 0 Å². The molecule has 0 spiro atoms. The summed E-state index contributed by atoms with van der Waals surface area (Å²) < 4.78 is 0. The molecule has 0 saturated heterocycles. The highest BCUT2D eigenvalue weighted by molar-refractivity contribution is 4.91. The first-order chi connectivity index (χ1) is 8.34. The zero-order chi connectivity index (χ0) is 13.8. The molecule has 1 nitrogen and oxygen atoms in total. The number of hydrogen-bond donors (Lipinski definition) is 1. The number of allylic oxidation sites excluding steroid dienone is 1. The monoisotopic (exact) mass is 251 g/mol. The average Bonchev–Trinajstić information content (AvgIpc) is 2.29. The van der Waals surface area contributed by atoms with E-state index in [1.165, 1.54) is 44.1 Å². The molecule has 0 aromatic carbocycles. The van der Waals surface area contributed by atoms with Gasteiger partial charge in [-0.25, -0.2) is 0 Å². The molecule has 0 aromatic heterocycles. The first-order valence-corrected chi connectivity index (χ1v) is 7.66. The SMILES string of the molecule is C=C(C)CCC(NC)C1CCC(C(C)(C)C)CC1. The van der Waals surface area contributed by atoms with E-state index in [0.717, 1.165) is 11.8 Å². The van der Waals surface area contributed by atoms with E-state index in [1.54, 1.807) is 0 Å². The van der Waals surface area contributed by atoms with Crippen molar-refractivity contribution in [3.05, 3.63) is 12.2 Å².